The SMILES string of the molecule is COc1cc(-c2nn(CC3(O)CCN(C(=O)OC(C)(C)C)CC3)c3cncc(N)c23)ccc1NC(=O)OCc1ccccc1. The van der Waals surface area contributed by atoms with Crippen LogP contribution < -0.4 is 15.8 Å². The van der Waals surface area contributed by atoms with Crippen molar-refractivity contribution in [2.45, 2.75) is 58.0 Å². The molecule has 12 heteroatoms. The molecular weight excluding hydrogens is 564 g/mol. The van der Waals surface area contributed by atoms with Gasteiger partial charge in [-0.25, -0.2) is 9.59 Å². The number of carbonyl (C=O) groups is 2. The Hall–Kier alpha value is -4.84. The van der Waals surface area contributed by atoms with Gasteiger partial charge in [-0.05, 0) is 51.3 Å². The third kappa shape index (κ3) is 7.03. The number of fused-ring (bicyclic) bond motifs is 1. The van der Waals surface area contributed by atoms with Gasteiger partial charge in [-0.1, -0.05) is 36.4 Å². The first-order valence-corrected chi connectivity index (χ1v) is 14.4. The molecule has 0 unspecified atom stereocenters. The summed E-state index contributed by atoms with van der Waals surface area (Å²) in [6, 6.07) is 14.7. The van der Waals surface area contributed by atoms with E-state index in [4.69, 9.17) is 25.0 Å². The van der Waals surface area contributed by atoms with E-state index in [-0.39, 0.29) is 19.2 Å². The number of nitrogen functional groups attached to an aromatic ring is 1. The van der Waals surface area contributed by atoms with Crippen molar-refractivity contribution in [3.8, 4) is 17.0 Å². The van der Waals surface area contributed by atoms with Crippen LogP contribution in [0.1, 0.15) is 39.2 Å². The number of likely N-dealkylation sites (tertiary alicyclic amines) is 1. The van der Waals surface area contributed by atoms with Crippen LogP contribution in [0.4, 0.5) is 21.0 Å². The summed E-state index contributed by atoms with van der Waals surface area (Å²) >= 11 is 0. The van der Waals surface area contributed by atoms with Gasteiger partial charge in [0.15, 0.2) is 0 Å². The van der Waals surface area contributed by atoms with E-state index in [0.717, 1.165) is 5.56 Å². The number of benzene rings is 2. The first-order valence-electron chi connectivity index (χ1n) is 14.4. The van der Waals surface area contributed by atoms with Gasteiger partial charge in [0.25, 0.3) is 0 Å². The van der Waals surface area contributed by atoms with Gasteiger partial charge in [0, 0.05) is 18.7 Å². The van der Waals surface area contributed by atoms with Crippen LogP contribution in [0.25, 0.3) is 22.2 Å². The van der Waals surface area contributed by atoms with E-state index in [1.165, 1.54) is 7.11 Å². The van der Waals surface area contributed by atoms with Crippen LogP contribution in [-0.4, -0.2) is 68.4 Å². The molecule has 0 radical (unpaired) electrons. The lowest BCUT2D eigenvalue weighted by molar-refractivity contribution is -0.0424. The lowest BCUT2D eigenvalue weighted by atomic mass is 9.91. The van der Waals surface area contributed by atoms with Gasteiger partial charge in [-0.15, -0.1) is 0 Å². The average molecular weight is 603 g/mol. The molecule has 2 aromatic carbocycles. The fourth-order valence-electron chi connectivity index (χ4n) is 5.15. The second kappa shape index (κ2) is 12.4. The number of aromatic nitrogens is 3. The largest absolute Gasteiger partial charge is 0.495 e. The van der Waals surface area contributed by atoms with Gasteiger partial charge >= 0.3 is 12.2 Å². The van der Waals surface area contributed by atoms with Crippen molar-refractivity contribution in [2.24, 2.45) is 0 Å². The number of rotatable bonds is 7. The molecule has 1 aliphatic heterocycles. The molecule has 12 nitrogen and oxygen atoms in total. The summed E-state index contributed by atoms with van der Waals surface area (Å²) in [5.41, 5.74) is 8.35. The van der Waals surface area contributed by atoms with Crippen LogP contribution in [0.3, 0.4) is 0 Å². The number of methoxy groups -OCH3 is 1. The Kier molecular flexibility index (Phi) is 8.63. The van der Waals surface area contributed by atoms with Crippen LogP contribution in [0.15, 0.2) is 60.9 Å². The number of aliphatic hydroxyl groups is 1. The number of hydrogen-bond acceptors (Lipinski definition) is 9. The Labute approximate surface area is 255 Å². The van der Waals surface area contributed by atoms with Crippen molar-refractivity contribution in [1.29, 1.82) is 0 Å². The van der Waals surface area contributed by atoms with Crippen molar-refractivity contribution in [2.75, 3.05) is 31.2 Å². The minimum atomic E-state index is -1.11. The fourth-order valence-corrected chi connectivity index (χ4v) is 5.15. The Morgan fingerprint density at radius 1 is 1.09 bits per heavy atom. The van der Waals surface area contributed by atoms with Gasteiger partial charge in [-0.3, -0.25) is 15.0 Å². The molecule has 4 aromatic rings. The summed E-state index contributed by atoms with van der Waals surface area (Å²) in [4.78, 5) is 30.9. The van der Waals surface area contributed by atoms with Crippen molar-refractivity contribution in [3.63, 3.8) is 0 Å². The minimum absolute atomic E-state index is 0.134. The second-order valence-corrected chi connectivity index (χ2v) is 11.9. The van der Waals surface area contributed by atoms with E-state index >= 15 is 0 Å². The van der Waals surface area contributed by atoms with Gasteiger partial charge < -0.3 is 30.0 Å². The minimum Gasteiger partial charge on any atom is -0.495 e. The standard InChI is InChI=1S/C32H38N6O6/c1-31(2,3)44-30(40)37-14-12-32(41,13-15-37)20-38-25-18-34-17-23(33)27(25)28(36-38)22-10-11-24(26(16-22)42-4)35-29(39)43-19-21-8-6-5-7-9-21/h5-11,16-18,41H,12-15,19-20,33H2,1-4H3,(H,35,39). The maximum absolute atomic E-state index is 12.5. The number of pyridine rings is 1. The average Bonchev–Trinajstić information content (AvgIpc) is 3.35. The van der Waals surface area contributed by atoms with E-state index in [9.17, 15) is 14.7 Å². The van der Waals surface area contributed by atoms with Crippen LogP contribution in [0.2, 0.25) is 0 Å². The topological polar surface area (TPSA) is 154 Å². The summed E-state index contributed by atoms with van der Waals surface area (Å²) in [7, 11) is 1.51. The predicted octanol–water partition coefficient (Wildman–Crippen LogP) is 5.20. The second-order valence-electron chi connectivity index (χ2n) is 11.9. The van der Waals surface area contributed by atoms with Crippen molar-refractivity contribution >= 4 is 34.5 Å². The lowest BCUT2D eigenvalue weighted by Crippen LogP contribution is -2.49. The number of piperidine rings is 1. The number of nitrogens with zero attached hydrogens (tertiary/aromatic N) is 4. The monoisotopic (exact) mass is 602 g/mol. The Morgan fingerprint density at radius 3 is 2.50 bits per heavy atom. The molecule has 4 N–H and O–H groups in total. The van der Waals surface area contributed by atoms with E-state index in [1.807, 2.05) is 51.1 Å². The van der Waals surface area contributed by atoms with E-state index in [0.29, 0.717) is 65.2 Å². The van der Waals surface area contributed by atoms with Gasteiger partial charge in [0.05, 0.1) is 53.9 Å². The van der Waals surface area contributed by atoms with E-state index in [1.54, 1.807) is 40.2 Å². The highest BCUT2D eigenvalue weighted by Gasteiger charge is 2.36. The molecule has 1 fully saturated rings. The number of ether oxygens (including phenoxy) is 3. The maximum atomic E-state index is 12.5. The molecule has 0 aliphatic carbocycles. The third-order valence-corrected chi connectivity index (χ3v) is 7.41. The highest BCUT2D eigenvalue weighted by molar-refractivity contribution is 6.01. The van der Waals surface area contributed by atoms with Crippen LogP contribution in [0.5, 0.6) is 5.75 Å². The zero-order valence-corrected chi connectivity index (χ0v) is 25.4. The van der Waals surface area contributed by atoms with Crippen LogP contribution >= 0.6 is 0 Å². The number of anilines is 2. The van der Waals surface area contributed by atoms with Crippen molar-refractivity contribution < 1.29 is 28.9 Å². The van der Waals surface area contributed by atoms with E-state index < -0.39 is 17.3 Å². The van der Waals surface area contributed by atoms with Crippen molar-refractivity contribution in [1.82, 2.24) is 19.7 Å². The summed E-state index contributed by atoms with van der Waals surface area (Å²) in [5, 5.41) is 19.8. The molecule has 1 aliphatic rings. The molecule has 0 bridgehead atoms. The molecule has 2 aromatic heterocycles. The zero-order valence-electron chi connectivity index (χ0n) is 25.4. The molecular formula is C32H38N6O6. The summed E-state index contributed by atoms with van der Waals surface area (Å²) in [6.45, 7) is 6.51. The van der Waals surface area contributed by atoms with Crippen LogP contribution in [0, 0.1) is 0 Å². The Balaban J connectivity index is 1.35. The first-order chi connectivity index (χ1) is 20.9. The Bertz CT molecular complexity index is 1640. The first kappa shape index (κ1) is 30.6. The summed E-state index contributed by atoms with van der Waals surface area (Å²) < 4.78 is 18.1. The Morgan fingerprint density at radius 2 is 1.82 bits per heavy atom. The van der Waals surface area contributed by atoms with Gasteiger partial charge in [0.2, 0.25) is 0 Å². The quantitative estimate of drug-likeness (QED) is 0.259. The zero-order chi connectivity index (χ0) is 31.5. The summed E-state index contributed by atoms with van der Waals surface area (Å²) in [6.07, 6.45) is 2.93. The predicted molar refractivity (Wildman–Crippen MR) is 166 cm³/mol. The number of amides is 2. The fraction of sp³-hybridized carbons (Fsp3) is 0.375. The number of carbonyl (C=O) groups excluding carboxylic acids is 2. The number of hydrogen-bond donors (Lipinski definition) is 3. The lowest BCUT2D eigenvalue weighted by Gasteiger charge is -2.38. The number of nitrogens with two attached hydrogens (primary N) is 1. The molecule has 0 atom stereocenters. The highest BCUT2D eigenvalue weighted by atomic mass is 16.6. The third-order valence-electron chi connectivity index (χ3n) is 7.41. The molecule has 232 valence electrons. The molecule has 5 rings (SSSR count). The maximum Gasteiger partial charge on any atom is 0.412 e. The van der Waals surface area contributed by atoms with Gasteiger partial charge in [0.1, 0.15) is 23.7 Å². The van der Waals surface area contributed by atoms with E-state index in [2.05, 4.69) is 10.3 Å². The van der Waals surface area contributed by atoms with Gasteiger partial charge in [-0.2, -0.15) is 5.10 Å². The smallest absolute Gasteiger partial charge is 0.412 e. The molecule has 0 saturated carbocycles. The molecule has 44 heavy (non-hydrogen) atoms. The molecule has 2 amide bonds. The molecule has 1 saturated heterocycles. The highest BCUT2D eigenvalue weighted by Crippen LogP contribution is 2.37. The summed E-state index contributed by atoms with van der Waals surface area (Å²) in [5.74, 6) is 0.405. The molecule has 3 heterocycles. The van der Waals surface area contributed by atoms with Crippen molar-refractivity contribution in [3.05, 3.63) is 66.5 Å². The van der Waals surface area contributed by atoms with Crippen LogP contribution in [-0.2, 0) is 22.6 Å². The number of nitrogens with one attached hydrogen (secondary N) is 1. The normalized spacial score (nSPS) is 14.7. The molecule has 0 spiro atoms.